The molecule has 0 bridgehead atoms. The van der Waals surface area contributed by atoms with Crippen LogP contribution in [0.3, 0.4) is 0 Å². The standard InChI is InChI=1S/C10H19N3S/c1-7(8(2)11)4-12-5-10-9(3)13-6-14-10/h6-8,12H,4-5,11H2,1-3H3. The molecule has 3 N–H and O–H groups in total. The van der Waals surface area contributed by atoms with Crippen molar-refractivity contribution in [1.82, 2.24) is 10.3 Å². The van der Waals surface area contributed by atoms with Gasteiger partial charge < -0.3 is 11.1 Å². The van der Waals surface area contributed by atoms with Gasteiger partial charge in [0.05, 0.1) is 11.2 Å². The van der Waals surface area contributed by atoms with Gasteiger partial charge in [-0.25, -0.2) is 4.98 Å². The molecule has 4 heteroatoms. The molecule has 80 valence electrons. The van der Waals surface area contributed by atoms with Crippen LogP contribution in [0.25, 0.3) is 0 Å². The quantitative estimate of drug-likeness (QED) is 0.780. The van der Waals surface area contributed by atoms with Crippen molar-refractivity contribution in [3.8, 4) is 0 Å². The van der Waals surface area contributed by atoms with Crippen molar-refractivity contribution < 1.29 is 0 Å². The molecule has 0 amide bonds. The summed E-state index contributed by atoms with van der Waals surface area (Å²) in [4.78, 5) is 5.52. The van der Waals surface area contributed by atoms with E-state index in [0.29, 0.717) is 5.92 Å². The highest BCUT2D eigenvalue weighted by atomic mass is 32.1. The summed E-state index contributed by atoms with van der Waals surface area (Å²) in [5.74, 6) is 0.517. The van der Waals surface area contributed by atoms with Crippen LogP contribution in [-0.2, 0) is 6.54 Å². The van der Waals surface area contributed by atoms with Gasteiger partial charge in [-0.3, -0.25) is 0 Å². The van der Waals surface area contributed by atoms with Crippen LogP contribution in [-0.4, -0.2) is 17.6 Å². The first-order valence-electron chi connectivity index (χ1n) is 4.96. The average molecular weight is 213 g/mol. The molecule has 0 aliphatic carbocycles. The molecule has 0 saturated carbocycles. The molecule has 1 aromatic rings. The monoisotopic (exact) mass is 213 g/mol. The largest absolute Gasteiger partial charge is 0.328 e. The molecule has 0 aromatic carbocycles. The zero-order valence-electron chi connectivity index (χ0n) is 9.08. The Hall–Kier alpha value is -0.450. The lowest BCUT2D eigenvalue weighted by atomic mass is 10.1. The number of nitrogens with one attached hydrogen (secondary N) is 1. The van der Waals surface area contributed by atoms with E-state index in [1.54, 1.807) is 11.3 Å². The van der Waals surface area contributed by atoms with Crippen molar-refractivity contribution in [2.75, 3.05) is 6.54 Å². The molecule has 14 heavy (non-hydrogen) atoms. The van der Waals surface area contributed by atoms with Crippen molar-refractivity contribution in [1.29, 1.82) is 0 Å². The van der Waals surface area contributed by atoms with E-state index in [9.17, 15) is 0 Å². The van der Waals surface area contributed by atoms with Crippen LogP contribution in [0.2, 0.25) is 0 Å². The summed E-state index contributed by atoms with van der Waals surface area (Å²) < 4.78 is 0. The lowest BCUT2D eigenvalue weighted by molar-refractivity contribution is 0.446. The Kier molecular flexibility index (Phi) is 4.51. The number of nitrogens with zero attached hydrogens (tertiary/aromatic N) is 1. The van der Waals surface area contributed by atoms with Gasteiger partial charge in [0.25, 0.3) is 0 Å². The Morgan fingerprint density at radius 2 is 2.29 bits per heavy atom. The Morgan fingerprint density at radius 3 is 2.79 bits per heavy atom. The lowest BCUT2D eigenvalue weighted by Crippen LogP contribution is -2.32. The highest BCUT2D eigenvalue weighted by Crippen LogP contribution is 2.11. The third kappa shape index (κ3) is 3.36. The van der Waals surface area contributed by atoms with E-state index in [4.69, 9.17) is 5.73 Å². The zero-order valence-corrected chi connectivity index (χ0v) is 9.90. The molecule has 0 aliphatic heterocycles. The average Bonchev–Trinajstić information content (AvgIpc) is 2.51. The Labute approximate surface area is 89.7 Å². The summed E-state index contributed by atoms with van der Waals surface area (Å²) in [5.41, 5.74) is 8.80. The minimum atomic E-state index is 0.255. The summed E-state index contributed by atoms with van der Waals surface area (Å²) in [6.45, 7) is 8.13. The van der Waals surface area contributed by atoms with Gasteiger partial charge >= 0.3 is 0 Å². The summed E-state index contributed by atoms with van der Waals surface area (Å²) in [5, 5.41) is 3.40. The molecule has 0 saturated heterocycles. The first-order chi connectivity index (χ1) is 6.61. The van der Waals surface area contributed by atoms with E-state index in [-0.39, 0.29) is 6.04 Å². The first kappa shape index (κ1) is 11.6. The molecule has 1 aromatic heterocycles. The third-order valence-corrected chi connectivity index (χ3v) is 3.43. The maximum Gasteiger partial charge on any atom is 0.0798 e. The fourth-order valence-electron chi connectivity index (χ4n) is 1.10. The van der Waals surface area contributed by atoms with Crippen molar-refractivity contribution >= 4 is 11.3 Å². The fourth-order valence-corrected chi connectivity index (χ4v) is 1.84. The number of thiazole rings is 1. The zero-order chi connectivity index (χ0) is 10.6. The van der Waals surface area contributed by atoms with Gasteiger partial charge in [0.15, 0.2) is 0 Å². The predicted octanol–water partition coefficient (Wildman–Crippen LogP) is 1.52. The molecular formula is C10H19N3S. The Morgan fingerprint density at radius 1 is 1.57 bits per heavy atom. The number of nitrogens with two attached hydrogens (primary N) is 1. The predicted molar refractivity (Wildman–Crippen MR) is 61.4 cm³/mol. The number of aromatic nitrogens is 1. The summed E-state index contributed by atoms with van der Waals surface area (Å²) in [6.07, 6.45) is 0. The van der Waals surface area contributed by atoms with Crippen molar-refractivity contribution in [2.45, 2.75) is 33.4 Å². The minimum absolute atomic E-state index is 0.255. The van der Waals surface area contributed by atoms with Crippen LogP contribution in [0.1, 0.15) is 24.4 Å². The highest BCUT2D eigenvalue weighted by molar-refractivity contribution is 7.09. The number of hydrogen-bond donors (Lipinski definition) is 2. The molecule has 3 nitrogen and oxygen atoms in total. The normalized spacial score (nSPS) is 15.4. The summed E-state index contributed by atoms with van der Waals surface area (Å²) >= 11 is 1.70. The second-order valence-electron chi connectivity index (χ2n) is 3.83. The second kappa shape index (κ2) is 5.44. The first-order valence-corrected chi connectivity index (χ1v) is 5.84. The third-order valence-electron chi connectivity index (χ3n) is 2.49. The van der Waals surface area contributed by atoms with Gasteiger partial charge in [-0.15, -0.1) is 11.3 Å². The van der Waals surface area contributed by atoms with Gasteiger partial charge in [0, 0.05) is 17.5 Å². The topological polar surface area (TPSA) is 50.9 Å². The molecular weight excluding hydrogens is 194 g/mol. The number of hydrogen-bond acceptors (Lipinski definition) is 4. The van der Waals surface area contributed by atoms with Gasteiger partial charge in [0.2, 0.25) is 0 Å². The Bertz CT molecular complexity index is 270. The molecule has 2 unspecified atom stereocenters. The van der Waals surface area contributed by atoms with E-state index in [2.05, 4.69) is 17.2 Å². The summed E-state index contributed by atoms with van der Waals surface area (Å²) in [7, 11) is 0. The number of rotatable bonds is 5. The van der Waals surface area contributed by atoms with Gasteiger partial charge in [-0.05, 0) is 26.3 Å². The molecule has 1 heterocycles. The fraction of sp³-hybridized carbons (Fsp3) is 0.700. The van der Waals surface area contributed by atoms with Crippen LogP contribution in [0, 0.1) is 12.8 Å². The van der Waals surface area contributed by atoms with Crippen molar-refractivity contribution in [2.24, 2.45) is 11.7 Å². The molecule has 2 atom stereocenters. The lowest BCUT2D eigenvalue weighted by Gasteiger charge is -2.15. The number of aryl methyl sites for hydroxylation is 1. The van der Waals surface area contributed by atoms with Crippen LogP contribution in [0.4, 0.5) is 0 Å². The molecule has 1 rings (SSSR count). The smallest absolute Gasteiger partial charge is 0.0798 e. The van der Waals surface area contributed by atoms with E-state index < -0.39 is 0 Å². The van der Waals surface area contributed by atoms with Crippen LogP contribution in [0.15, 0.2) is 5.51 Å². The van der Waals surface area contributed by atoms with Gasteiger partial charge in [-0.1, -0.05) is 6.92 Å². The van der Waals surface area contributed by atoms with E-state index in [1.807, 2.05) is 19.4 Å². The van der Waals surface area contributed by atoms with Crippen LogP contribution >= 0.6 is 11.3 Å². The molecule has 0 radical (unpaired) electrons. The van der Waals surface area contributed by atoms with Crippen LogP contribution in [0.5, 0.6) is 0 Å². The highest BCUT2D eigenvalue weighted by Gasteiger charge is 2.07. The van der Waals surface area contributed by atoms with Crippen LogP contribution < -0.4 is 11.1 Å². The van der Waals surface area contributed by atoms with E-state index in [1.165, 1.54) is 4.88 Å². The second-order valence-corrected chi connectivity index (χ2v) is 4.77. The SMILES string of the molecule is Cc1ncsc1CNCC(C)C(C)N. The maximum absolute atomic E-state index is 5.78. The molecule has 0 aliphatic rings. The minimum Gasteiger partial charge on any atom is -0.328 e. The summed E-state index contributed by atoms with van der Waals surface area (Å²) in [6, 6.07) is 0.255. The molecule has 0 spiro atoms. The maximum atomic E-state index is 5.78. The van der Waals surface area contributed by atoms with Gasteiger partial charge in [-0.2, -0.15) is 0 Å². The Balaban J connectivity index is 2.25. The van der Waals surface area contributed by atoms with Crippen molar-refractivity contribution in [3.63, 3.8) is 0 Å². The van der Waals surface area contributed by atoms with E-state index in [0.717, 1.165) is 18.8 Å². The van der Waals surface area contributed by atoms with E-state index >= 15 is 0 Å². The van der Waals surface area contributed by atoms with Crippen molar-refractivity contribution in [3.05, 3.63) is 16.1 Å². The molecule has 0 fully saturated rings. The van der Waals surface area contributed by atoms with Gasteiger partial charge in [0.1, 0.15) is 0 Å².